The average Bonchev–Trinajstić information content (AvgIpc) is 2.39. The lowest BCUT2D eigenvalue weighted by molar-refractivity contribution is 0.610. The molecule has 0 radical (unpaired) electrons. The third-order valence-electron chi connectivity index (χ3n) is 2.41. The highest BCUT2D eigenvalue weighted by Gasteiger charge is 2.04. The fourth-order valence-electron chi connectivity index (χ4n) is 1.44. The van der Waals surface area contributed by atoms with Crippen molar-refractivity contribution in [3.8, 4) is 0 Å². The van der Waals surface area contributed by atoms with E-state index in [1.807, 2.05) is 6.07 Å². The second-order valence-electron chi connectivity index (χ2n) is 3.71. The predicted octanol–water partition coefficient (Wildman–Crippen LogP) is 2.45. The van der Waals surface area contributed by atoms with Crippen LogP contribution in [0.4, 0.5) is 10.3 Å². The van der Waals surface area contributed by atoms with Crippen LogP contribution in [0.2, 0.25) is 0 Å². The number of anilines is 1. The van der Waals surface area contributed by atoms with Crippen LogP contribution in [0.3, 0.4) is 0 Å². The van der Waals surface area contributed by atoms with Crippen molar-refractivity contribution in [3.63, 3.8) is 0 Å². The van der Waals surface area contributed by atoms with Gasteiger partial charge in [0.05, 0.1) is 4.47 Å². The van der Waals surface area contributed by atoms with E-state index >= 15 is 0 Å². The zero-order valence-electron chi connectivity index (χ0n) is 9.53. The molecule has 18 heavy (non-hydrogen) atoms. The van der Waals surface area contributed by atoms with E-state index in [1.165, 1.54) is 6.07 Å². The molecular weight excluding hydrogens is 299 g/mol. The summed E-state index contributed by atoms with van der Waals surface area (Å²) >= 11 is 3.24. The van der Waals surface area contributed by atoms with Gasteiger partial charge in [0, 0.05) is 31.0 Å². The first-order valence-electron chi connectivity index (χ1n) is 5.38. The van der Waals surface area contributed by atoms with Crippen LogP contribution in [0.15, 0.2) is 35.1 Å². The third-order valence-corrected chi connectivity index (χ3v) is 2.82. The number of halogens is 2. The molecule has 2 aromatic rings. The summed E-state index contributed by atoms with van der Waals surface area (Å²) in [5, 5.41) is 2.95. The zero-order valence-corrected chi connectivity index (χ0v) is 11.1. The number of aromatic nitrogens is 2. The first kappa shape index (κ1) is 12.9. The van der Waals surface area contributed by atoms with Crippen LogP contribution in [0.1, 0.15) is 11.1 Å². The van der Waals surface area contributed by atoms with Crippen molar-refractivity contribution in [2.75, 3.05) is 5.32 Å². The van der Waals surface area contributed by atoms with Gasteiger partial charge in [-0.15, -0.1) is 0 Å². The monoisotopic (exact) mass is 310 g/mol. The lowest BCUT2D eigenvalue weighted by atomic mass is 10.1. The topological polar surface area (TPSA) is 63.8 Å². The Labute approximate surface area is 113 Å². The van der Waals surface area contributed by atoms with Gasteiger partial charge in [-0.05, 0) is 27.6 Å². The van der Waals surface area contributed by atoms with Gasteiger partial charge >= 0.3 is 0 Å². The van der Waals surface area contributed by atoms with E-state index in [1.54, 1.807) is 18.5 Å². The van der Waals surface area contributed by atoms with Crippen molar-refractivity contribution in [2.24, 2.45) is 5.73 Å². The van der Waals surface area contributed by atoms with Crippen molar-refractivity contribution in [2.45, 2.75) is 13.1 Å². The zero-order chi connectivity index (χ0) is 13.0. The van der Waals surface area contributed by atoms with Gasteiger partial charge in [0.1, 0.15) is 5.82 Å². The normalized spacial score (nSPS) is 10.4. The van der Waals surface area contributed by atoms with Crippen LogP contribution in [0.25, 0.3) is 0 Å². The molecule has 0 atom stereocenters. The van der Waals surface area contributed by atoms with E-state index < -0.39 is 0 Å². The highest BCUT2D eigenvalue weighted by Crippen LogP contribution is 2.12. The van der Waals surface area contributed by atoms with Crippen molar-refractivity contribution in [3.05, 3.63) is 52.0 Å². The second-order valence-corrected chi connectivity index (χ2v) is 4.62. The minimum Gasteiger partial charge on any atom is -0.350 e. The highest BCUT2D eigenvalue weighted by atomic mass is 79.9. The van der Waals surface area contributed by atoms with Crippen LogP contribution in [0.5, 0.6) is 0 Å². The fourth-order valence-corrected chi connectivity index (χ4v) is 1.64. The second kappa shape index (κ2) is 5.88. The molecule has 0 aliphatic heterocycles. The first-order chi connectivity index (χ1) is 8.69. The molecule has 0 bridgehead atoms. The van der Waals surface area contributed by atoms with Gasteiger partial charge in [0.2, 0.25) is 5.95 Å². The molecule has 0 unspecified atom stereocenters. The maximum atomic E-state index is 13.7. The van der Waals surface area contributed by atoms with E-state index in [9.17, 15) is 4.39 Å². The van der Waals surface area contributed by atoms with Crippen LogP contribution >= 0.6 is 15.9 Å². The molecule has 4 nitrogen and oxygen atoms in total. The Balaban J connectivity index is 2.04. The number of hydrogen-bond donors (Lipinski definition) is 2. The maximum Gasteiger partial charge on any atom is 0.222 e. The van der Waals surface area contributed by atoms with Crippen molar-refractivity contribution >= 4 is 21.9 Å². The van der Waals surface area contributed by atoms with Crippen molar-refractivity contribution in [1.82, 2.24) is 9.97 Å². The Bertz CT molecular complexity index is 530. The largest absolute Gasteiger partial charge is 0.350 e. The molecule has 0 saturated heterocycles. The van der Waals surface area contributed by atoms with Gasteiger partial charge in [-0.3, -0.25) is 0 Å². The molecule has 6 heteroatoms. The van der Waals surface area contributed by atoms with E-state index in [-0.39, 0.29) is 5.82 Å². The van der Waals surface area contributed by atoms with E-state index in [2.05, 4.69) is 31.2 Å². The molecule has 1 aromatic carbocycles. The van der Waals surface area contributed by atoms with Gasteiger partial charge in [-0.1, -0.05) is 12.1 Å². The molecule has 1 aromatic heterocycles. The van der Waals surface area contributed by atoms with Crippen molar-refractivity contribution < 1.29 is 4.39 Å². The van der Waals surface area contributed by atoms with Gasteiger partial charge < -0.3 is 11.1 Å². The summed E-state index contributed by atoms with van der Waals surface area (Å²) in [6, 6.07) is 4.96. The number of benzene rings is 1. The Hall–Kier alpha value is -1.53. The molecule has 0 aliphatic rings. The summed E-state index contributed by atoms with van der Waals surface area (Å²) in [6.45, 7) is 0.665. The lowest BCUT2D eigenvalue weighted by Gasteiger charge is -2.07. The van der Waals surface area contributed by atoms with E-state index in [0.717, 1.165) is 10.0 Å². The fraction of sp³-hybridized carbons (Fsp3) is 0.167. The van der Waals surface area contributed by atoms with Gasteiger partial charge in [0.25, 0.3) is 0 Å². The molecule has 0 saturated carbocycles. The minimum atomic E-state index is -0.275. The summed E-state index contributed by atoms with van der Waals surface area (Å²) in [6.07, 6.45) is 3.26. The number of nitrogens with one attached hydrogen (secondary N) is 1. The Kier molecular flexibility index (Phi) is 4.22. The quantitative estimate of drug-likeness (QED) is 0.910. The molecule has 2 rings (SSSR count). The summed E-state index contributed by atoms with van der Waals surface area (Å²) in [7, 11) is 0. The Morgan fingerprint density at radius 3 is 2.61 bits per heavy atom. The number of hydrogen-bond acceptors (Lipinski definition) is 4. The van der Waals surface area contributed by atoms with Crippen LogP contribution in [-0.2, 0) is 13.1 Å². The summed E-state index contributed by atoms with van der Waals surface area (Å²) in [5.41, 5.74) is 6.77. The lowest BCUT2D eigenvalue weighted by Crippen LogP contribution is -2.06. The maximum absolute atomic E-state index is 13.7. The molecular formula is C12H12BrFN4. The number of nitrogens with two attached hydrogens (primary N) is 1. The van der Waals surface area contributed by atoms with Gasteiger partial charge in [-0.2, -0.15) is 0 Å². The molecule has 0 fully saturated rings. The summed E-state index contributed by atoms with van der Waals surface area (Å²) < 4.78 is 14.5. The summed E-state index contributed by atoms with van der Waals surface area (Å²) in [4.78, 5) is 8.09. The van der Waals surface area contributed by atoms with E-state index in [4.69, 9.17) is 5.73 Å². The minimum absolute atomic E-state index is 0.275. The van der Waals surface area contributed by atoms with Crippen LogP contribution < -0.4 is 11.1 Å². The molecule has 0 amide bonds. The van der Waals surface area contributed by atoms with Gasteiger partial charge in [0.15, 0.2) is 0 Å². The van der Waals surface area contributed by atoms with Gasteiger partial charge in [-0.25, -0.2) is 14.4 Å². The first-order valence-corrected chi connectivity index (χ1v) is 6.17. The SMILES string of the molecule is NCc1ccc(CNc2ncc(Br)cn2)c(F)c1. The Morgan fingerprint density at radius 1 is 1.28 bits per heavy atom. The third kappa shape index (κ3) is 3.24. The highest BCUT2D eigenvalue weighted by molar-refractivity contribution is 9.10. The molecule has 3 N–H and O–H groups in total. The Morgan fingerprint density at radius 2 is 2.00 bits per heavy atom. The van der Waals surface area contributed by atoms with Crippen molar-refractivity contribution in [1.29, 1.82) is 0 Å². The summed E-state index contributed by atoms with van der Waals surface area (Å²) in [5.74, 6) is 0.183. The predicted molar refractivity (Wildman–Crippen MR) is 71.4 cm³/mol. The number of rotatable bonds is 4. The molecule has 0 aliphatic carbocycles. The average molecular weight is 311 g/mol. The standard InChI is InChI=1S/C12H12BrFN4/c13-10-6-17-12(18-7-10)16-5-9-2-1-8(4-15)3-11(9)14/h1-3,6-7H,4-5,15H2,(H,16,17,18). The molecule has 1 heterocycles. The smallest absolute Gasteiger partial charge is 0.222 e. The molecule has 94 valence electrons. The molecule has 0 spiro atoms. The number of nitrogens with zero attached hydrogens (tertiary/aromatic N) is 2. The van der Waals surface area contributed by atoms with E-state index in [0.29, 0.717) is 24.6 Å². The van der Waals surface area contributed by atoms with Crippen LogP contribution in [-0.4, -0.2) is 9.97 Å². The van der Waals surface area contributed by atoms with Crippen LogP contribution in [0, 0.1) is 5.82 Å².